The van der Waals surface area contributed by atoms with Crippen LogP contribution >= 0.6 is 0 Å². The molecule has 0 aromatic carbocycles. The first-order valence-electron chi connectivity index (χ1n) is 5.37. The molecule has 6 heteroatoms. The van der Waals surface area contributed by atoms with Gasteiger partial charge in [0, 0.05) is 18.7 Å². The van der Waals surface area contributed by atoms with Crippen LogP contribution in [0, 0.1) is 6.92 Å². The lowest BCUT2D eigenvalue weighted by molar-refractivity contribution is 0.0529. The first-order valence-corrected chi connectivity index (χ1v) is 5.37. The van der Waals surface area contributed by atoms with E-state index in [-0.39, 0.29) is 6.10 Å². The summed E-state index contributed by atoms with van der Waals surface area (Å²) in [6.07, 6.45) is 1.76. The molecule has 1 aromatic heterocycles. The van der Waals surface area contributed by atoms with Gasteiger partial charge in [-0.1, -0.05) is 0 Å². The number of aromatic nitrogens is 2. The van der Waals surface area contributed by atoms with Crippen molar-refractivity contribution in [1.29, 1.82) is 0 Å². The van der Waals surface area contributed by atoms with Crippen LogP contribution in [0.2, 0.25) is 0 Å². The first kappa shape index (κ1) is 11.1. The molecule has 0 aliphatic carbocycles. The normalized spacial score (nSPS) is 20.9. The molecule has 0 radical (unpaired) electrons. The van der Waals surface area contributed by atoms with Crippen LogP contribution in [0.3, 0.4) is 0 Å². The lowest BCUT2D eigenvalue weighted by atomic mass is 10.2. The van der Waals surface area contributed by atoms with Crippen molar-refractivity contribution in [3.8, 4) is 0 Å². The van der Waals surface area contributed by atoms with Crippen molar-refractivity contribution >= 4 is 11.6 Å². The summed E-state index contributed by atoms with van der Waals surface area (Å²) < 4.78 is 5.50. The Morgan fingerprint density at radius 2 is 2.38 bits per heavy atom. The zero-order chi connectivity index (χ0) is 11.5. The van der Waals surface area contributed by atoms with Crippen LogP contribution in [-0.2, 0) is 4.74 Å². The lowest BCUT2D eigenvalue weighted by Gasteiger charge is -2.32. The largest absolute Gasteiger partial charge is 0.375 e. The zero-order valence-electron chi connectivity index (χ0n) is 9.60. The van der Waals surface area contributed by atoms with E-state index in [0.717, 1.165) is 31.1 Å². The number of hydrogen-bond donors (Lipinski definition) is 2. The van der Waals surface area contributed by atoms with Crippen LogP contribution in [0.15, 0.2) is 6.33 Å². The van der Waals surface area contributed by atoms with Crippen molar-refractivity contribution in [3.05, 3.63) is 11.9 Å². The molecule has 1 unspecified atom stereocenters. The van der Waals surface area contributed by atoms with E-state index >= 15 is 0 Å². The minimum Gasteiger partial charge on any atom is -0.375 e. The fourth-order valence-electron chi connectivity index (χ4n) is 1.92. The third kappa shape index (κ3) is 2.07. The molecule has 16 heavy (non-hydrogen) atoms. The van der Waals surface area contributed by atoms with Gasteiger partial charge < -0.3 is 15.1 Å². The predicted octanol–water partition coefficient (Wildman–Crippen LogP) is 0.296. The van der Waals surface area contributed by atoms with E-state index in [9.17, 15) is 0 Å². The number of hydrogen-bond acceptors (Lipinski definition) is 6. The van der Waals surface area contributed by atoms with Gasteiger partial charge in [0.05, 0.1) is 12.7 Å². The predicted molar refractivity (Wildman–Crippen MR) is 62.2 cm³/mol. The Kier molecular flexibility index (Phi) is 3.21. The molecule has 1 aromatic rings. The highest BCUT2D eigenvalue weighted by Crippen LogP contribution is 2.23. The monoisotopic (exact) mass is 223 g/mol. The van der Waals surface area contributed by atoms with Crippen molar-refractivity contribution in [2.75, 3.05) is 30.0 Å². The molecule has 1 saturated heterocycles. The minimum atomic E-state index is 0.234. The average molecular weight is 223 g/mol. The van der Waals surface area contributed by atoms with E-state index in [4.69, 9.17) is 10.6 Å². The van der Waals surface area contributed by atoms with Gasteiger partial charge in [0.1, 0.15) is 18.0 Å². The molecule has 0 amide bonds. The maximum absolute atomic E-state index is 5.50. The minimum absolute atomic E-state index is 0.234. The highest BCUT2D eigenvalue weighted by atomic mass is 16.5. The molecule has 6 nitrogen and oxygen atoms in total. The van der Waals surface area contributed by atoms with E-state index in [1.54, 1.807) is 0 Å². The van der Waals surface area contributed by atoms with E-state index in [2.05, 4.69) is 27.2 Å². The Morgan fingerprint density at radius 1 is 1.56 bits per heavy atom. The van der Waals surface area contributed by atoms with Gasteiger partial charge in [-0.2, -0.15) is 0 Å². The highest BCUT2D eigenvalue weighted by Gasteiger charge is 2.20. The van der Waals surface area contributed by atoms with Crippen LogP contribution < -0.4 is 16.2 Å². The molecule has 2 rings (SSSR count). The zero-order valence-corrected chi connectivity index (χ0v) is 9.60. The summed E-state index contributed by atoms with van der Waals surface area (Å²) in [6.45, 7) is 6.46. The number of ether oxygens (including phenoxy) is 1. The van der Waals surface area contributed by atoms with Gasteiger partial charge in [-0.25, -0.2) is 15.8 Å². The van der Waals surface area contributed by atoms with Crippen molar-refractivity contribution < 1.29 is 4.74 Å². The molecular formula is C10H17N5O. The van der Waals surface area contributed by atoms with E-state index < -0.39 is 0 Å². The third-order valence-electron chi connectivity index (χ3n) is 2.73. The van der Waals surface area contributed by atoms with Crippen molar-refractivity contribution in [3.63, 3.8) is 0 Å². The smallest absolute Gasteiger partial charge is 0.148 e. The van der Waals surface area contributed by atoms with Crippen LogP contribution in [0.25, 0.3) is 0 Å². The molecule has 0 spiro atoms. The standard InChI is InChI=1S/C10H17N5O/c1-7-5-15(3-4-16-7)10-8(2)9(14-11)12-6-13-10/h6-7H,3-5,11H2,1-2H3,(H,12,13,14). The lowest BCUT2D eigenvalue weighted by Crippen LogP contribution is -2.42. The summed E-state index contributed by atoms with van der Waals surface area (Å²) in [5.41, 5.74) is 3.55. The second-order valence-electron chi connectivity index (χ2n) is 3.94. The maximum atomic E-state index is 5.50. The van der Waals surface area contributed by atoms with Gasteiger partial charge >= 0.3 is 0 Å². The summed E-state index contributed by atoms with van der Waals surface area (Å²) >= 11 is 0. The number of morpholine rings is 1. The Labute approximate surface area is 94.8 Å². The van der Waals surface area contributed by atoms with Crippen molar-refractivity contribution in [2.45, 2.75) is 20.0 Å². The third-order valence-corrected chi connectivity index (χ3v) is 2.73. The van der Waals surface area contributed by atoms with Crippen LogP contribution in [0.5, 0.6) is 0 Å². The fraction of sp³-hybridized carbons (Fsp3) is 0.600. The Bertz CT molecular complexity index is 370. The molecule has 0 bridgehead atoms. The van der Waals surface area contributed by atoms with Gasteiger partial charge in [0.15, 0.2) is 0 Å². The Morgan fingerprint density at radius 3 is 3.06 bits per heavy atom. The van der Waals surface area contributed by atoms with Crippen LogP contribution in [0.1, 0.15) is 12.5 Å². The van der Waals surface area contributed by atoms with Gasteiger partial charge in [-0.05, 0) is 13.8 Å². The van der Waals surface area contributed by atoms with Gasteiger partial charge in [0.2, 0.25) is 0 Å². The van der Waals surface area contributed by atoms with Gasteiger partial charge in [0.25, 0.3) is 0 Å². The molecule has 1 atom stereocenters. The van der Waals surface area contributed by atoms with Crippen LogP contribution in [0.4, 0.5) is 11.6 Å². The van der Waals surface area contributed by atoms with Gasteiger partial charge in [-0.3, -0.25) is 0 Å². The Hall–Kier alpha value is -1.40. The van der Waals surface area contributed by atoms with Gasteiger partial charge in [-0.15, -0.1) is 0 Å². The molecule has 1 aliphatic rings. The number of nitrogens with one attached hydrogen (secondary N) is 1. The molecule has 2 heterocycles. The maximum Gasteiger partial charge on any atom is 0.148 e. The molecule has 88 valence electrons. The molecule has 1 aliphatic heterocycles. The second kappa shape index (κ2) is 4.63. The first-order chi connectivity index (χ1) is 7.72. The van der Waals surface area contributed by atoms with Crippen LogP contribution in [-0.4, -0.2) is 35.8 Å². The number of nitrogens with zero attached hydrogens (tertiary/aromatic N) is 3. The number of anilines is 2. The number of nitrogens with two attached hydrogens (primary N) is 1. The summed E-state index contributed by atoms with van der Waals surface area (Å²) in [4.78, 5) is 10.6. The summed E-state index contributed by atoms with van der Waals surface area (Å²) in [7, 11) is 0. The highest BCUT2D eigenvalue weighted by molar-refractivity contribution is 5.57. The molecule has 3 N–H and O–H groups in total. The van der Waals surface area contributed by atoms with E-state index in [1.807, 2.05) is 6.92 Å². The quantitative estimate of drug-likeness (QED) is 0.554. The molecule has 0 saturated carbocycles. The second-order valence-corrected chi connectivity index (χ2v) is 3.94. The van der Waals surface area contributed by atoms with Crippen molar-refractivity contribution in [1.82, 2.24) is 9.97 Å². The SMILES string of the molecule is Cc1c(NN)ncnc1N1CCOC(C)C1. The van der Waals surface area contributed by atoms with E-state index in [0.29, 0.717) is 5.82 Å². The molecule has 1 fully saturated rings. The fourth-order valence-corrected chi connectivity index (χ4v) is 1.92. The van der Waals surface area contributed by atoms with Crippen molar-refractivity contribution in [2.24, 2.45) is 5.84 Å². The summed E-state index contributed by atoms with van der Waals surface area (Å²) in [5, 5.41) is 0. The number of rotatable bonds is 2. The number of hydrazine groups is 1. The molecular weight excluding hydrogens is 206 g/mol. The number of nitrogen functional groups attached to an aromatic ring is 1. The summed E-state index contributed by atoms with van der Waals surface area (Å²) in [5.74, 6) is 6.99. The van der Waals surface area contributed by atoms with E-state index in [1.165, 1.54) is 6.33 Å². The summed E-state index contributed by atoms with van der Waals surface area (Å²) in [6, 6.07) is 0. The average Bonchev–Trinajstić information content (AvgIpc) is 2.29. The topological polar surface area (TPSA) is 76.3 Å². The Balaban J connectivity index is 2.25.